The topological polar surface area (TPSA) is 62.5 Å². The molecule has 2 rings (SSSR count). The Morgan fingerprint density at radius 2 is 2.05 bits per heavy atom. The van der Waals surface area contributed by atoms with Crippen molar-refractivity contribution in [1.29, 1.82) is 0 Å². The lowest BCUT2D eigenvalue weighted by molar-refractivity contribution is -0.121. The van der Waals surface area contributed by atoms with Crippen LogP contribution in [0.5, 0.6) is 0 Å². The van der Waals surface area contributed by atoms with Crippen LogP contribution in [0.2, 0.25) is 0 Å². The molecule has 0 fully saturated rings. The van der Waals surface area contributed by atoms with Crippen molar-refractivity contribution in [2.75, 3.05) is 6.54 Å². The summed E-state index contributed by atoms with van der Waals surface area (Å²) in [6, 6.07) is 10.9. The highest BCUT2D eigenvalue weighted by Crippen LogP contribution is 2.19. The van der Waals surface area contributed by atoms with Gasteiger partial charge in [-0.15, -0.1) is 0 Å². The lowest BCUT2D eigenvalue weighted by Gasteiger charge is -2.21. The predicted octanol–water partition coefficient (Wildman–Crippen LogP) is 2.61. The van der Waals surface area contributed by atoms with E-state index in [1.807, 2.05) is 24.3 Å². The van der Waals surface area contributed by atoms with Crippen LogP contribution in [0.3, 0.4) is 0 Å². The molecular formula is C15H16BrNO3. The van der Waals surface area contributed by atoms with Gasteiger partial charge in [0, 0.05) is 4.47 Å². The highest BCUT2D eigenvalue weighted by atomic mass is 79.9. The number of benzene rings is 1. The van der Waals surface area contributed by atoms with Crippen molar-refractivity contribution in [2.24, 2.45) is 0 Å². The van der Waals surface area contributed by atoms with E-state index in [0.717, 1.165) is 10.0 Å². The largest absolute Gasteiger partial charge is 0.466 e. The highest BCUT2D eigenvalue weighted by molar-refractivity contribution is 9.10. The third-order valence-electron chi connectivity index (χ3n) is 2.96. The van der Waals surface area contributed by atoms with Crippen LogP contribution >= 0.6 is 15.9 Å². The van der Waals surface area contributed by atoms with Crippen molar-refractivity contribution in [2.45, 2.75) is 18.9 Å². The van der Waals surface area contributed by atoms with Crippen LogP contribution in [0.25, 0.3) is 0 Å². The van der Waals surface area contributed by atoms with Gasteiger partial charge >= 0.3 is 0 Å². The van der Waals surface area contributed by atoms with Crippen molar-refractivity contribution < 1.29 is 14.3 Å². The molecule has 1 aromatic heterocycles. The normalized spacial score (nSPS) is 13.8. The Hall–Kier alpha value is -1.59. The lowest BCUT2D eigenvalue weighted by Crippen LogP contribution is -2.39. The van der Waals surface area contributed by atoms with Gasteiger partial charge in [0.1, 0.15) is 11.4 Å². The van der Waals surface area contributed by atoms with Crippen LogP contribution in [0.1, 0.15) is 18.2 Å². The van der Waals surface area contributed by atoms with Gasteiger partial charge in [-0.3, -0.25) is 4.79 Å². The second-order valence-electron chi connectivity index (χ2n) is 4.83. The molecule has 5 heteroatoms. The average molecular weight is 338 g/mol. The van der Waals surface area contributed by atoms with Gasteiger partial charge in [0.05, 0.1) is 19.2 Å². The van der Waals surface area contributed by atoms with Crippen molar-refractivity contribution in [3.8, 4) is 0 Å². The van der Waals surface area contributed by atoms with Crippen LogP contribution in [0.4, 0.5) is 0 Å². The number of hydrogen-bond donors (Lipinski definition) is 2. The van der Waals surface area contributed by atoms with Crippen LogP contribution in [0, 0.1) is 0 Å². The van der Waals surface area contributed by atoms with Crippen LogP contribution < -0.4 is 5.32 Å². The molecule has 1 heterocycles. The number of hydrogen-bond acceptors (Lipinski definition) is 3. The van der Waals surface area contributed by atoms with Gasteiger partial charge in [0.15, 0.2) is 0 Å². The molecule has 0 aliphatic heterocycles. The molecule has 0 aliphatic rings. The fraction of sp³-hybridized carbons (Fsp3) is 0.267. The maximum atomic E-state index is 11.8. The molecule has 20 heavy (non-hydrogen) atoms. The third kappa shape index (κ3) is 3.95. The number of amides is 1. The molecule has 0 aliphatic carbocycles. The van der Waals surface area contributed by atoms with Gasteiger partial charge in [-0.05, 0) is 36.8 Å². The zero-order valence-electron chi connectivity index (χ0n) is 11.1. The molecule has 4 nitrogen and oxygen atoms in total. The molecule has 2 N–H and O–H groups in total. The quantitative estimate of drug-likeness (QED) is 0.881. The zero-order chi connectivity index (χ0) is 14.6. The summed E-state index contributed by atoms with van der Waals surface area (Å²) in [7, 11) is 0. The molecule has 1 unspecified atom stereocenters. The fourth-order valence-electron chi connectivity index (χ4n) is 1.79. The number of carbonyl (C=O) groups is 1. The van der Waals surface area contributed by atoms with Crippen molar-refractivity contribution in [3.05, 3.63) is 58.5 Å². The van der Waals surface area contributed by atoms with Crippen LogP contribution in [0.15, 0.2) is 51.6 Å². The second-order valence-corrected chi connectivity index (χ2v) is 5.75. The van der Waals surface area contributed by atoms with Crippen molar-refractivity contribution >= 4 is 21.8 Å². The number of carbonyl (C=O) groups excluding carboxylic acids is 1. The van der Waals surface area contributed by atoms with Gasteiger partial charge in [-0.2, -0.15) is 0 Å². The molecule has 1 aromatic carbocycles. The molecule has 2 aromatic rings. The van der Waals surface area contributed by atoms with Crippen LogP contribution in [-0.4, -0.2) is 17.6 Å². The van der Waals surface area contributed by atoms with E-state index < -0.39 is 5.60 Å². The molecule has 1 atom stereocenters. The highest BCUT2D eigenvalue weighted by Gasteiger charge is 2.26. The molecule has 0 saturated heterocycles. The summed E-state index contributed by atoms with van der Waals surface area (Å²) in [5, 5.41) is 12.9. The minimum Gasteiger partial charge on any atom is -0.466 e. The summed E-state index contributed by atoms with van der Waals surface area (Å²) in [5.41, 5.74) is -0.290. The molecular weight excluding hydrogens is 322 g/mol. The average Bonchev–Trinajstić information content (AvgIpc) is 2.94. The van der Waals surface area contributed by atoms with Gasteiger partial charge in [-0.25, -0.2) is 0 Å². The number of aliphatic hydroxyl groups is 1. The van der Waals surface area contributed by atoms with E-state index in [2.05, 4.69) is 21.2 Å². The Morgan fingerprint density at radius 3 is 2.65 bits per heavy atom. The second kappa shape index (κ2) is 6.24. The van der Waals surface area contributed by atoms with E-state index in [9.17, 15) is 9.90 Å². The van der Waals surface area contributed by atoms with Gasteiger partial charge in [0.25, 0.3) is 0 Å². The maximum Gasteiger partial charge on any atom is 0.224 e. The number of furan rings is 1. The monoisotopic (exact) mass is 337 g/mol. The summed E-state index contributed by atoms with van der Waals surface area (Å²) >= 11 is 3.35. The Bertz CT molecular complexity index is 561. The number of halogens is 1. The molecule has 0 saturated carbocycles. The van der Waals surface area contributed by atoms with E-state index >= 15 is 0 Å². The van der Waals surface area contributed by atoms with Crippen LogP contribution in [-0.2, 0) is 16.8 Å². The maximum absolute atomic E-state index is 11.8. The Balaban J connectivity index is 1.88. The molecule has 0 bridgehead atoms. The van der Waals surface area contributed by atoms with E-state index in [0.29, 0.717) is 5.76 Å². The minimum atomic E-state index is -1.21. The van der Waals surface area contributed by atoms with Gasteiger partial charge in [0.2, 0.25) is 5.91 Å². The number of nitrogens with one attached hydrogen (secondary N) is 1. The molecule has 1 amide bonds. The molecule has 0 radical (unpaired) electrons. The Labute approximate surface area is 125 Å². The molecule has 106 valence electrons. The summed E-state index contributed by atoms with van der Waals surface area (Å²) in [5.74, 6) is 0.292. The first-order valence-corrected chi connectivity index (χ1v) is 7.04. The fourth-order valence-corrected chi connectivity index (χ4v) is 2.06. The summed E-state index contributed by atoms with van der Waals surface area (Å²) in [6.07, 6.45) is 1.77. The first kappa shape index (κ1) is 14.8. The first-order valence-electron chi connectivity index (χ1n) is 6.25. The first-order chi connectivity index (χ1) is 9.47. The SMILES string of the molecule is CC(O)(CNC(=O)Cc1ccc(Br)cc1)c1ccco1. The standard InChI is InChI=1S/C15H16BrNO3/c1-15(19,13-3-2-8-20-13)10-17-14(18)9-11-4-6-12(16)7-5-11/h2-8,19H,9-10H2,1H3,(H,17,18). The Kier molecular flexibility index (Phi) is 4.62. The predicted molar refractivity (Wildman–Crippen MR) is 79.1 cm³/mol. The van der Waals surface area contributed by atoms with Crippen molar-refractivity contribution in [1.82, 2.24) is 5.32 Å². The third-order valence-corrected chi connectivity index (χ3v) is 3.49. The van der Waals surface area contributed by atoms with E-state index in [1.165, 1.54) is 6.26 Å². The summed E-state index contributed by atoms with van der Waals surface area (Å²) in [4.78, 5) is 11.8. The molecule has 0 spiro atoms. The van der Waals surface area contributed by atoms with Gasteiger partial charge < -0.3 is 14.8 Å². The number of rotatable bonds is 5. The summed E-state index contributed by atoms with van der Waals surface area (Å²) < 4.78 is 6.13. The van der Waals surface area contributed by atoms with Crippen molar-refractivity contribution in [3.63, 3.8) is 0 Å². The zero-order valence-corrected chi connectivity index (χ0v) is 12.7. The van der Waals surface area contributed by atoms with E-state index in [-0.39, 0.29) is 18.9 Å². The van der Waals surface area contributed by atoms with E-state index in [4.69, 9.17) is 4.42 Å². The lowest BCUT2D eigenvalue weighted by atomic mass is 10.0. The van der Waals surface area contributed by atoms with Gasteiger partial charge in [-0.1, -0.05) is 28.1 Å². The smallest absolute Gasteiger partial charge is 0.224 e. The minimum absolute atomic E-state index is 0.107. The Morgan fingerprint density at radius 1 is 1.35 bits per heavy atom. The summed E-state index contributed by atoms with van der Waals surface area (Å²) in [6.45, 7) is 1.71. The van der Waals surface area contributed by atoms with E-state index in [1.54, 1.807) is 19.1 Å².